The number of ether oxygens (including phenoxy) is 1. The Morgan fingerprint density at radius 3 is 2.57 bits per heavy atom. The van der Waals surface area contributed by atoms with E-state index in [2.05, 4.69) is 35.9 Å². The van der Waals surface area contributed by atoms with Gasteiger partial charge >= 0.3 is 12.0 Å². The van der Waals surface area contributed by atoms with Crippen LogP contribution in [0, 0.1) is 6.92 Å². The molecule has 2 atom stereocenters. The quantitative estimate of drug-likeness (QED) is 0.768. The van der Waals surface area contributed by atoms with Gasteiger partial charge in [-0.15, -0.1) is 0 Å². The molecule has 28 heavy (non-hydrogen) atoms. The first-order chi connectivity index (χ1) is 13.5. The first kappa shape index (κ1) is 20.0. The Morgan fingerprint density at radius 2 is 1.89 bits per heavy atom. The molecule has 0 saturated heterocycles. The number of urea groups is 1. The minimum absolute atomic E-state index is 0.0291. The van der Waals surface area contributed by atoms with Crippen LogP contribution in [0.3, 0.4) is 0 Å². The lowest BCUT2D eigenvalue weighted by Crippen LogP contribution is -2.48. The zero-order valence-electron chi connectivity index (χ0n) is 16.9. The summed E-state index contributed by atoms with van der Waals surface area (Å²) >= 11 is 0. The van der Waals surface area contributed by atoms with E-state index in [1.54, 1.807) is 6.92 Å². The highest BCUT2D eigenvalue weighted by Crippen LogP contribution is 2.30. The lowest BCUT2D eigenvalue weighted by atomic mass is 10.0. The average molecular weight is 383 g/mol. The summed E-state index contributed by atoms with van der Waals surface area (Å²) in [5.74, 6) is -0.313. The van der Waals surface area contributed by atoms with Crippen molar-refractivity contribution in [2.24, 2.45) is 0 Å². The van der Waals surface area contributed by atoms with Gasteiger partial charge in [0.2, 0.25) is 0 Å². The van der Waals surface area contributed by atoms with Crippen LogP contribution in [-0.2, 0) is 16.1 Å². The number of aryl methyl sites for hydroxylation is 1. The van der Waals surface area contributed by atoms with Crippen molar-refractivity contribution in [2.75, 3.05) is 13.2 Å². The molecule has 1 aromatic heterocycles. The highest BCUT2D eigenvalue weighted by Gasteiger charge is 2.32. The van der Waals surface area contributed by atoms with Gasteiger partial charge in [0.05, 0.1) is 25.1 Å². The van der Waals surface area contributed by atoms with E-state index in [1.807, 2.05) is 35.2 Å². The SMILES string of the molecule is CCOC(=O)C[C@H](NC(=O)N1CCn2c(C)ccc2[C@H]1CC)c1ccccc1. The lowest BCUT2D eigenvalue weighted by molar-refractivity contribution is -0.143. The van der Waals surface area contributed by atoms with Crippen molar-refractivity contribution in [3.63, 3.8) is 0 Å². The fourth-order valence-corrected chi connectivity index (χ4v) is 3.94. The molecule has 0 spiro atoms. The molecule has 0 fully saturated rings. The van der Waals surface area contributed by atoms with Crippen molar-refractivity contribution < 1.29 is 14.3 Å². The molecule has 2 heterocycles. The van der Waals surface area contributed by atoms with Crippen molar-refractivity contribution in [1.82, 2.24) is 14.8 Å². The molecule has 0 aliphatic carbocycles. The van der Waals surface area contributed by atoms with E-state index >= 15 is 0 Å². The minimum Gasteiger partial charge on any atom is -0.466 e. The molecule has 2 amide bonds. The van der Waals surface area contributed by atoms with Gasteiger partial charge < -0.3 is 19.5 Å². The summed E-state index contributed by atoms with van der Waals surface area (Å²) in [4.78, 5) is 27.1. The summed E-state index contributed by atoms with van der Waals surface area (Å²) in [5.41, 5.74) is 3.29. The molecule has 1 aliphatic rings. The number of aromatic nitrogens is 1. The molecule has 6 heteroatoms. The van der Waals surface area contributed by atoms with Crippen LogP contribution in [0.5, 0.6) is 0 Å². The molecule has 6 nitrogen and oxygen atoms in total. The first-order valence-electron chi connectivity index (χ1n) is 9.98. The predicted octanol–water partition coefficient (Wildman–Crippen LogP) is 3.97. The molecule has 2 aromatic rings. The Hall–Kier alpha value is -2.76. The second-order valence-electron chi connectivity index (χ2n) is 7.09. The highest BCUT2D eigenvalue weighted by molar-refractivity contribution is 5.77. The van der Waals surface area contributed by atoms with E-state index in [1.165, 1.54) is 11.4 Å². The monoisotopic (exact) mass is 383 g/mol. The fourth-order valence-electron chi connectivity index (χ4n) is 3.94. The van der Waals surface area contributed by atoms with Crippen molar-refractivity contribution in [1.29, 1.82) is 0 Å². The van der Waals surface area contributed by atoms with Gasteiger partial charge in [0.15, 0.2) is 0 Å². The van der Waals surface area contributed by atoms with Gasteiger partial charge in [-0.2, -0.15) is 0 Å². The van der Waals surface area contributed by atoms with Gasteiger partial charge in [-0.1, -0.05) is 37.3 Å². The number of carbonyl (C=O) groups is 2. The molecule has 0 saturated carbocycles. The largest absolute Gasteiger partial charge is 0.466 e. The van der Waals surface area contributed by atoms with Crippen LogP contribution < -0.4 is 5.32 Å². The summed E-state index contributed by atoms with van der Waals surface area (Å²) in [7, 11) is 0. The van der Waals surface area contributed by atoms with Gasteiger partial charge in [0.1, 0.15) is 0 Å². The maximum absolute atomic E-state index is 13.2. The van der Waals surface area contributed by atoms with Gasteiger partial charge in [-0.05, 0) is 38.0 Å². The number of amides is 2. The van der Waals surface area contributed by atoms with Gasteiger partial charge in [0.25, 0.3) is 0 Å². The van der Waals surface area contributed by atoms with Crippen LogP contribution in [0.15, 0.2) is 42.5 Å². The number of carbonyl (C=O) groups excluding carboxylic acids is 2. The lowest BCUT2D eigenvalue weighted by Gasteiger charge is -2.38. The second kappa shape index (κ2) is 8.95. The van der Waals surface area contributed by atoms with Crippen LogP contribution in [0.4, 0.5) is 4.79 Å². The van der Waals surface area contributed by atoms with Crippen LogP contribution in [0.1, 0.15) is 55.7 Å². The minimum atomic E-state index is -0.416. The van der Waals surface area contributed by atoms with E-state index in [0.717, 1.165) is 18.5 Å². The highest BCUT2D eigenvalue weighted by atomic mass is 16.5. The van der Waals surface area contributed by atoms with Crippen molar-refractivity contribution in [3.05, 3.63) is 59.4 Å². The topological polar surface area (TPSA) is 63.6 Å². The van der Waals surface area contributed by atoms with Gasteiger partial charge in [-0.3, -0.25) is 4.79 Å². The van der Waals surface area contributed by atoms with E-state index in [4.69, 9.17) is 4.74 Å². The van der Waals surface area contributed by atoms with E-state index < -0.39 is 6.04 Å². The van der Waals surface area contributed by atoms with Crippen LogP contribution in [0.2, 0.25) is 0 Å². The summed E-state index contributed by atoms with van der Waals surface area (Å²) in [5, 5.41) is 3.07. The maximum Gasteiger partial charge on any atom is 0.318 e. The average Bonchev–Trinajstić information content (AvgIpc) is 3.08. The summed E-state index contributed by atoms with van der Waals surface area (Å²) in [6, 6.07) is 13.3. The third-order valence-corrected chi connectivity index (χ3v) is 5.34. The molecule has 1 N–H and O–H groups in total. The Kier molecular flexibility index (Phi) is 6.39. The molecular formula is C22H29N3O3. The Labute approximate surface area is 166 Å². The summed E-state index contributed by atoms with van der Waals surface area (Å²) < 4.78 is 7.39. The van der Waals surface area contributed by atoms with Crippen molar-refractivity contribution in [3.8, 4) is 0 Å². The normalized spacial score (nSPS) is 17.0. The third-order valence-electron chi connectivity index (χ3n) is 5.34. The number of esters is 1. The zero-order chi connectivity index (χ0) is 20.1. The van der Waals surface area contributed by atoms with Crippen molar-refractivity contribution >= 4 is 12.0 Å². The van der Waals surface area contributed by atoms with Crippen LogP contribution in [0.25, 0.3) is 0 Å². The first-order valence-corrected chi connectivity index (χ1v) is 9.98. The van der Waals surface area contributed by atoms with E-state index in [0.29, 0.717) is 13.2 Å². The standard InChI is InChI=1S/C22H29N3O3/c1-4-19-20-12-11-16(3)24(20)13-14-25(19)22(27)23-18(15-21(26)28-5-2)17-9-7-6-8-10-17/h6-12,18-19H,4-5,13-15H2,1-3H3,(H,23,27)/t18-,19+/m0/s1. The molecular weight excluding hydrogens is 354 g/mol. The van der Waals surface area contributed by atoms with Crippen LogP contribution >= 0.6 is 0 Å². The Morgan fingerprint density at radius 1 is 1.14 bits per heavy atom. The predicted molar refractivity (Wildman–Crippen MR) is 108 cm³/mol. The molecule has 150 valence electrons. The Balaban J connectivity index is 1.78. The molecule has 3 rings (SSSR count). The summed E-state index contributed by atoms with van der Waals surface area (Å²) in [6.07, 6.45) is 0.953. The summed E-state index contributed by atoms with van der Waals surface area (Å²) in [6.45, 7) is 7.73. The number of benzene rings is 1. The zero-order valence-corrected chi connectivity index (χ0v) is 16.9. The molecule has 1 aromatic carbocycles. The number of nitrogens with one attached hydrogen (secondary N) is 1. The number of hydrogen-bond donors (Lipinski definition) is 1. The van der Waals surface area contributed by atoms with E-state index in [-0.39, 0.29) is 24.5 Å². The number of nitrogens with zero attached hydrogens (tertiary/aromatic N) is 2. The molecule has 1 aliphatic heterocycles. The van der Waals surface area contributed by atoms with Gasteiger partial charge in [0, 0.05) is 24.5 Å². The fraction of sp³-hybridized carbons (Fsp3) is 0.455. The second-order valence-corrected chi connectivity index (χ2v) is 7.09. The molecule has 0 radical (unpaired) electrons. The van der Waals surface area contributed by atoms with Gasteiger partial charge in [-0.25, -0.2) is 4.79 Å². The number of hydrogen-bond acceptors (Lipinski definition) is 3. The third kappa shape index (κ3) is 4.21. The molecule has 0 unspecified atom stereocenters. The van der Waals surface area contributed by atoms with Crippen molar-refractivity contribution in [2.45, 2.75) is 52.2 Å². The Bertz CT molecular complexity index is 816. The number of fused-ring (bicyclic) bond motifs is 1. The maximum atomic E-state index is 13.2. The number of rotatable bonds is 6. The van der Waals surface area contributed by atoms with E-state index in [9.17, 15) is 9.59 Å². The van der Waals surface area contributed by atoms with Crippen LogP contribution in [-0.4, -0.2) is 34.6 Å². The molecule has 0 bridgehead atoms. The smallest absolute Gasteiger partial charge is 0.318 e.